The fourth-order valence-corrected chi connectivity index (χ4v) is 2.01. The van der Waals surface area contributed by atoms with E-state index in [1.807, 2.05) is 6.07 Å². The molecule has 3 heteroatoms. The Morgan fingerprint density at radius 1 is 1.06 bits per heavy atom. The number of thiol groups is 1. The molecule has 0 atom stereocenters. The lowest BCUT2D eigenvalue weighted by atomic mass is 9.99. The molecule has 0 spiro atoms. The molecule has 1 aromatic heterocycles. The third-order valence-corrected chi connectivity index (χ3v) is 3.25. The van der Waals surface area contributed by atoms with Crippen molar-refractivity contribution < 1.29 is 0 Å². The van der Waals surface area contributed by atoms with Gasteiger partial charge in [-0.05, 0) is 49.6 Å². The molecule has 0 bridgehead atoms. The molecule has 2 aromatic rings. The van der Waals surface area contributed by atoms with Gasteiger partial charge in [0.1, 0.15) is 5.82 Å². The molecule has 0 saturated carbocycles. The maximum Gasteiger partial charge on any atom is 0.138 e. The van der Waals surface area contributed by atoms with Crippen LogP contribution in [0, 0.1) is 20.8 Å². The summed E-state index contributed by atoms with van der Waals surface area (Å²) >= 11 is 4.21. The Morgan fingerprint density at radius 3 is 2.47 bits per heavy atom. The minimum absolute atomic E-state index is 0.567. The maximum absolute atomic E-state index is 4.51. The first-order valence-corrected chi connectivity index (χ1v) is 6.26. The highest BCUT2D eigenvalue weighted by Crippen LogP contribution is 2.24. The van der Waals surface area contributed by atoms with Crippen molar-refractivity contribution in [1.29, 1.82) is 0 Å². The van der Waals surface area contributed by atoms with E-state index in [1.54, 1.807) is 6.20 Å². The molecule has 0 fully saturated rings. The van der Waals surface area contributed by atoms with Crippen LogP contribution >= 0.6 is 12.6 Å². The Labute approximate surface area is 108 Å². The van der Waals surface area contributed by atoms with E-state index < -0.39 is 0 Å². The van der Waals surface area contributed by atoms with Gasteiger partial charge in [-0.3, -0.25) is 0 Å². The molecule has 1 heterocycles. The van der Waals surface area contributed by atoms with Crippen molar-refractivity contribution in [1.82, 2.24) is 9.97 Å². The molecular formula is C14H16N2S. The lowest BCUT2D eigenvalue weighted by molar-refractivity contribution is 1.04. The highest BCUT2D eigenvalue weighted by Gasteiger charge is 2.06. The van der Waals surface area contributed by atoms with Crippen molar-refractivity contribution in [3.05, 3.63) is 46.9 Å². The first-order chi connectivity index (χ1) is 8.11. The van der Waals surface area contributed by atoms with Crippen LogP contribution in [0.15, 0.2) is 24.4 Å². The fourth-order valence-electron chi connectivity index (χ4n) is 1.86. The van der Waals surface area contributed by atoms with Gasteiger partial charge in [-0.2, -0.15) is 12.6 Å². The molecule has 0 unspecified atom stereocenters. The van der Waals surface area contributed by atoms with Gasteiger partial charge in [0.05, 0.1) is 11.4 Å². The smallest absolute Gasteiger partial charge is 0.138 e. The van der Waals surface area contributed by atoms with E-state index in [4.69, 9.17) is 0 Å². The first-order valence-electron chi connectivity index (χ1n) is 5.63. The van der Waals surface area contributed by atoms with Gasteiger partial charge >= 0.3 is 0 Å². The zero-order chi connectivity index (χ0) is 12.4. The number of nitrogens with zero attached hydrogens (tertiary/aromatic N) is 2. The summed E-state index contributed by atoms with van der Waals surface area (Å²) in [5, 5.41) is 0. The summed E-state index contributed by atoms with van der Waals surface area (Å²) in [6.07, 6.45) is 1.79. The Morgan fingerprint density at radius 2 is 1.76 bits per heavy atom. The lowest BCUT2D eigenvalue weighted by Gasteiger charge is -2.09. The van der Waals surface area contributed by atoms with Crippen molar-refractivity contribution in [2.24, 2.45) is 0 Å². The largest absolute Gasteiger partial charge is 0.240 e. The zero-order valence-corrected chi connectivity index (χ0v) is 11.3. The van der Waals surface area contributed by atoms with Crippen LogP contribution in [-0.4, -0.2) is 9.97 Å². The number of benzene rings is 1. The van der Waals surface area contributed by atoms with Gasteiger partial charge in [0.2, 0.25) is 0 Å². The van der Waals surface area contributed by atoms with Gasteiger partial charge in [0.15, 0.2) is 0 Å². The van der Waals surface area contributed by atoms with Crippen LogP contribution in [0.1, 0.15) is 22.5 Å². The average Bonchev–Trinajstić information content (AvgIpc) is 2.34. The monoisotopic (exact) mass is 244 g/mol. The molecule has 2 nitrogen and oxygen atoms in total. The predicted molar refractivity (Wildman–Crippen MR) is 74.4 cm³/mol. The summed E-state index contributed by atoms with van der Waals surface area (Å²) < 4.78 is 0. The number of hydrogen-bond acceptors (Lipinski definition) is 3. The Bertz CT molecular complexity index is 550. The van der Waals surface area contributed by atoms with Crippen LogP contribution < -0.4 is 0 Å². The van der Waals surface area contributed by atoms with Gasteiger partial charge in [-0.25, -0.2) is 9.97 Å². The quantitative estimate of drug-likeness (QED) is 0.818. The van der Waals surface area contributed by atoms with Crippen molar-refractivity contribution in [2.75, 3.05) is 0 Å². The molecule has 0 amide bonds. The van der Waals surface area contributed by atoms with Crippen molar-refractivity contribution in [2.45, 2.75) is 26.5 Å². The summed E-state index contributed by atoms with van der Waals surface area (Å²) in [5.74, 6) is 1.33. The fraction of sp³-hybridized carbons (Fsp3) is 0.286. The predicted octanol–water partition coefficient (Wildman–Crippen LogP) is 3.50. The molecule has 0 saturated heterocycles. The van der Waals surface area contributed by atoms with E-state index in [1.165, 1.54) is 22.3 Å². The van der Waals surface area contributed by atoms with Crippen LogP contribution in [-0.2, 0) is 5.75 Å². The van der Waals surface area contributed by atoms with E-state index in [-0.39, 0.29) is 0 Å². The molecule has 0 N–H and O–H groups in total. The standard InChI is InChI=1S/C14H16N2S/c1-9-6-11(3)12(7-10(9)2)13-4-5-15-14(8-17)16-13/h4-7,17H,8H2,1-3H3. The average molecular weight is 244 g/mol. The summed E-state index contributed by atoms with van der Waals surface area (Å²) in [7, 11) is 0. The summed E-state index contributed by atoms with van der Waals surface area (Å²) in [5.41, 5.74) is 6.01. The summed E-state index contributed by atoms with van der Waals surface area (Å²) in [6.45, 7) is 6.37. The topological polar surface area (TPSA) is 25.8 Å². The van der Waals surface area contributed by atoms with Gasteiger partial charge in [-0.15, -0.1) is 0 Å². The van der Waals surface area contributed by atoms with E-state index in [0.717, 1.165) is 11.5 Å². The second-order valence-electron chi connectivity index (χ2n) is 4.27. The van der Waals surface area contributed by atoms with Crippen molar-refractivity contribution >= 4 is 12.6 Å². The molecule has 0 aliphatic heterocycles. The molecule has 0 aliphatic carbocycles. The molecule has 88 valence electrons. The first kappa shape index (κ1) is 12.1. The molecular weight excluding hydrogens is 228 g/mol. The second kappa shape index (κ2) is 4.88. The van der Waals surface area contributed by atoms with Crippen molar-refractivity contribution in [3.8, 4) is 11.3 Å². The van der Waals surface area contributed by atoms with E-state index in [0.29, 0.717) is 5.75 Å². The Balaban J connectivity index is 2.56. The maximum atomic E-state index is 4.51. The summed E-state index contributed by atoms with van der Waals surface area (Å²) in [6, 6.07) is 6.34. The zero-order valence-electron chi connectivity index (χ0n) is 10.4. The molecule has 17 heavy (non-hydrogen) atoms. The van der Waals surface area contributed by atoms with Gasteiger partial charge in [-0.1, -0.05) is 6.07 Å². The van der Waals surface area contributed by atoms with Gasteiger partial charge in [0.25, 0.3) is 0 Å². The molecule has 0 aliphatic rings. The number of aryl methyl sites for hydroxylation is 3. The van der Waals surface area contributed by atoms with Crippen LogP contribution in [0.2, 0.25) is 0 Å². The van der Waals surface area contributed by atoms with Crippen molar-refractivity contribution in [3.63, 3.8) is 0 Å². The minimum atomic E-state index is 0.567. The third kappa shape index (κ3) is 2.50. The van der Waals surface area contributed by atoms with E-state index >= 15 is 0 Å². The molecule has 0 radical (unpaired) electrons. The Hall–Kier alpha value is -1.35. The number of aromatic nitrogens is 2. The van der Waals surface area contributed by atoms with Crippen LogP contribution in [0.25, 0.3) is 11.3 Å². The van der Waals surface area contributed by atoms with Gasteiger partial charge < -0.3 is 0 Å². The SMILES string of the molecule is Cc1cc(C)c(-c2ccnc(CS)n2)cc1C. The highest BCUT2D eigenvalue weighted by atomic mass is 32.1. The molecule has 1 aromatic carbocycles. The highest BCUT2D eigenvalue weighted by molar-refractivity contribution is 7.79. The van der Waals surface area contributed by atoms with Crippen LogP contribution in [0.3, 0.4) is 0 Å². The Kier molecular flexibility index (Phi) is 3.48. The van der Waals surface area contributed by atoms with Crippen LogP contribution in [0.4, 0.5) is 0 Å². The molecule has 2 rings (SSSR count). The third-order valence-electron chi connectivity index (χ3n) is 2.96. The van der Waals surface area contributed by atoms with E-state index in [2.05, 4.69) is 55.5 Å². The minimum Gasteiger partial charge on any atom is -0.240 e. The second-order valence-corrected chi connectivity index (χ2v) is 4.58. The number of rotatable bonds is 2. The van der Waals surface area contributed by atoms with E-state index in [9.17, 15) is 0 Å². The lowest BCUT2D eigenvalue weighted by Crippen LogP contribution is -1.95. The van der Waals surface area contributed by atoms with Gasteiger partial charge in [0, 0.05) is 11.8 Å². The normalized spacial score (nSPS) is 10.6. The van der Waals surface area contributed by atoms with Crippen LogP contribution in [0.5, 0.6) is 0 Å². The number of hydrogen-bond donors (Lipinski definition) is 1. The summed E-state index contributed by atoms with van der Waals surface area (Å²) in [4.78, 5) is 8.67.